The number of aromatic nitrogens is 2. The van der Waals surface area contributed by atoms with Gasteiger partial charge in [-0.3, -0.25) is 14.5 Å². The second-order valence-electron chi connectivity index (χ2n) is 8.41. The van der Waals surface area contributed by atoms with Crippen LogP contribution >= 0.6 is 11.3 Å². The Kier molecular flexibility index (Phi) is 5.79. The van der Waals surface area contributed by atoms with Gasteiger partial charge in [-0.2, -0.15) is 0 Å². The Hall–Kier alpha value is -3.72. The van der Waals surface area contributed by atoms with Crippen LogP contribution in [0.2, 0.25) is 0 Å². The number of hydrogen-bond acceptors (Lipinski definition) is 8. The Morgan fingerprint density at radius 1 is 1.15 bits per heavy atom. The molecule has 0 N–H and O–H groups in total. The van der Waals surface area contributed by atoms with Crippen LogP contribution in [0.1, 0.15) is 48.0 Å². The minimum Gasteiger partial charge on any atom is -0.493 e. The lowest BCUT2D eigenvalue weighted by Gasteiger charge is -2.23. The van der Waals surface area contributed by atoms with Gasteiger partial charge in [0.1, 0.15) is 11.1 Å². The Bertz CT molecular complexity index is 1410. The van der Waals surface area contributed by atoms with Crippen molar-refractivity contribution in [2.24, 2.45) is 5.92 Å². The summed E-state index contributed by atoms with van der Waals surface area (Å²) in [5.41, 5.74) is 2.61. The summed E-state index contributed by atoms with van der Waals surface area (Å²) in [4.78, 5) is 28.5. The highest BCUT2D eigenvalue weighted by Crippen LogP contribution is 2.43. The summed E-state index contributed by atoms with van der Waals surface area (Å²) in [6.07, 6.45) is 0.911. The Morgan fingerprint density at radius 3 is 2.71 bits per heavy atom. The van der Waals surface area contributed by atoms with E-state index in [1.165, 1.54) is 16.2 Å². The maximum Gasteiger partial charge on any atom is 0.297 e. The van der Waals surface area contributed by atoms with Crippen LogP contribution in [0.15, 0.2) is 57.2 Å². The fourth-order valence-electron chi connectivity index (χ4n) is 4.08. The summed E-state index contributed by atoms with van der Waals surface area (Å²) >= 11 is 1.21. The highest BCUT2D eigenvalue weighted by Gasteiger charge is 2.45. The molecule has 34 heavy (non-hydrogen) atoms. The monoisotopic (exact) mass is 477 g/mol. The first-order valence-corrected chi connectivity index (χ1v) is 11.8. The summed E-state index contributed by atoms with van der Waals surface area (Å²) in [6, 6.07) is 11.6. The number of hydrogen-bond donors (Lipinski definition) is 0. The molecule has 0 saturated carbocycles. The summed E-state index contributed by atoms with van der Waals surface area (Å²) in [5, 5.41) is 8.78. The fraction of sp³-hybridized carbons (Fsp3) is 0.280. The van der Waals surface area contributed by atoms with E-state index in [1.54, 1.807) is 49.0 Å². The Morgan fingerprint density at radius 2 is 1.97 bits per heavy atom. The molecule has 3 heterocycles. The number of amides is 1. The number of benzene rings is 2. The van der Waals surface area contributed by atoms with Crippen molar-refractivity contribution in [1.82, 2.24) is 10.2 Å². The number of carbonyl (C=O) groups is 1. The molecular formula is C25H23N3O5S. The van der Waals surface area contributed by atoms with Crippen LogP contribution in [0.4, 0.5) is 5.13 Å². The molecule has 4 aromatic rings. The standard InChI is InChI=1S/C25H23N3O5S/c1-14(2)10-11-32-18-9-8-15(12-19(18)31-3)21-20-22(29)16-6-4-5-7-17(16)33-23(20)24(30)28(21)25-27-26-13-34-25/h4-9,12-14,21H,10-11H2,1-3H3/t21-/m0/s1. The molecule has 1 amide bonds. The van der Waals surface area contributed by atoms with Crippen LogP contribution in [-0.2, 0) is 0 Å². The van der Waals surface area contributed by atoms with Gasteiger partial charge in [-0.1, -0.05) is 43.4 Å². The van der Waals surface area contributed by atoms with Crippen molar-refractivity contribution in [3.8, 4) is 11.5 Å². The number of ether oxygens (including phenoxy) is 2. The Balaban J connectivity index is 1.65. The number of nitrogens with zero attached hydrogens (tertiary/aromatic N) is 3. The predicted octanol–water partition coefficient (Wildman–Crippen LogP) is 4.83. The molecule has 0 bridgehead atoms. The molecule has 0 unspecified atom stereocenters. The minimum absolute atomic E-state index is 0.0140. The largest absolute Gasteiger partial charge is 0.493 e. The second-order valence-corrected chi connectivity index (χ2v) is 9.22. The van der Waals surface area contributed by atoms with E-state index in [9.17, 15) is 9.59 Å². The normalized spacial score (nSPS) is 15.2. The SMILES string of the molecule is COc1cc([C@H]2c3c(oc4ccccc4c3=O)C(=O)N2c2nncs2)ccc1OCCC(C)C. The number of anilines is 1. The van der Waals surface area contributed by atoms with Gasteiger partial charge < -0.3 is 13.9 Å². The van der Waals surface area contributed by atoms with Crippen molar-refractivity contribution in [3.63, 3.8) is 0 Å². The van der Waals surface area contributed by atoms with Gasteiger partial charge in [-0.05, 0) is 42.2 Å². The highest BCUT2D eigenvalue weighted by molar-refractivity contribution is 7.13. The predicted molar refractivity (Wildman–Crippen MR) is 129 cm³/mol. The molecule has 0 saturated heterocycles. The van der Waals surface area contributed by atoms with Crippen molar-refractivity contribution in [2.75, 3.05) is 18.6 Å². The van der Waals surface area contributed by atoms with E-state index in [4.69, 9.17) is 13.9 Å². The third-order valence-corrected chi connectivity index (χ3v) is 6.48. The molecule has 0 fully saturated rings. The number of para-hydroxylation sites is 1. The topological polar surface area (TPSA) is 94.8 Å². The van der Waals surface area contributed by atoms with Gasteiger partial charge in [0.05, 0.1) is 30.7 Å². The maximum atomic E-state index is 13.6. The molecule has 2 aromatic carbocycles. The van der Waals surface area contributed by atoms with Crippen LogP contribution in [0.5, 0.6) is 11.5 Å². The van der Waals surface area contributed by atoms with E-state index in [2.05, 4.69) is 24.0 Å². The zero-order chi connectivity index (χ0) is 23.8. The average Bonchev–Trinajstić information content (AvgIpc) is 3.46. The first kappa shape index (κ1) is 22.1. The number of carbonyl (C=O) groups excluding carboxylic acids is 1. The van der Waals surface area contributed by atoms with E-state index >= 15 is 0 Å². The van der Waals surface area contributed by atoms with Crippen LogP contribution in [0.25, 0.3) is 11.0 Å². The molecular weight excluding hydrogens is 454 g/mol. The zero-order valence-electron chi connectivity index (χ0n) is 19.0. The molecule has 5 rings (SSSR count). The molecule has 8 nitrogen and oxygen atoms in total. The van der Waals surface area contributed by atoms with E-state index in [1.807, 2.05) is 6.07 Å². The molecule has 0 spiro atoms. The highest BCUT2D eigenvalue weighted by atomic mass is 32.1. The van der Waals surface area contributed by atoms with Gasteiger partial charge in [0.25, 0.3) is 5.91 Å². The molecule has 1 aliphatic heterocycles. The van der Waals surface area contributed by atoms with Crippen LogP contribution < -0.4 is 19.8 Å². The van der Waals surface area contributed by atoms with E-state index in [-0.39, 0.29) is 16.8 Å². The van der Waals surface area contributed by atoms with Crippen molar-refractivity contribution < 1.29 is 18.7 Å². The molecule has 1 aliphatic rings. The lowest BCUT2D eigenvalue weighted by molar-refractivity contribution is 0.0970. The van der Waals surface area contributed by atoms with Gasteiger partial charge in [-0.15, -0.1) is 10.2 Å². The van der Waals surface area contributed by atoms with Gasteiger partial charge in [0.2, 0.25) is 10.9 Å². The lowest BCUT2D eigenvalue weighted by atomic mass is 9.98. The number of methoxy groups -OCH3 is 1. The van der Waals surface area contributed by atoms with Gasteiger partial charge >= 0.3 is 0 Å². The van der Waals surface area contributed by atoms with E-state index < -0.39 is 11.9 Å². The molecule has 174 valence electrons. The lowest BCUT2D eigenvalue weighted by Crippen LogP contribution is -2.29. The zero-order valence-corrected chi connectivity index (χ0v) is 19.8. The molecule has 0 aliphatic carbocycles. The molecule has 0 radical (unpaired) electrons. The van der Waals surface area contributed by atoms with Crippen molar-refractivity contribution in [2.45, 2.75) is 26.3 Å². The van der Waals surface area contributed by atoms with Gasteiger partial charge in [0, 0.05) is 0 Å². The molecule has 2 aromatic heterocycles. The van der Waals surface area contributed by atoms with Crippen molar-refractivity contribution in [3.05, 3.63) is 75.1 Å². The second kappa shape index (κ2) is 8.90. The number of fused-ring (bicyclic) bond motifs is 2. The summed E-state index contributed by atoms with van der Waals surface area (Å²) in [6.45, 7) is 4.83. The van der Waals surface area contributed by atoms with Gasteiger partial charge in [0.15, 0.2) is 16.9 Å². The molecule has 9 heteroatoms. The maximum absolute atomic E-state index is 13.6. The summed E-state index contributed by atoms with van der Waals surface area (Å²) in [7, 11) is 1.56. The fourth-order valence-corrected chi connectivity index (χ4v) is 4.67. The van der Waals surface area contributed by atoms with Crippen molar-refractivity contribution >= 4 is 33.3 Å². The summed E-state index contributed by atoms with van der Waals surface area (Å²) < 4.78 is 17.5. The summed E-state index contributed by atoms with van der Waals surface area (Å²) in [5.74, 6) is 1.21. The van der Waals surface area contributed by atoms with Gasteiger partial charge in [-0.25, -0.2) is 0 Å². The average molecular weight is 478 g/mol. The van der Waals surface area contributed by atoms with Crippen LogP contribution in [-0.4, -0.2) is 29.8 Å². The third-order valence-electron chi connectivity index (χ3n) is 5.79. The first-order chi connectivity index (χ1) is 16.5. The van der Waals surface area contributed by atoms with Crippen molar-refractivity contribution in [1.29, 1.82) is 0 Å². The molecule has 1 atom stereocenters. The third kappa shape index (κ3) is 3.71. The Labute approximate surface area is 199 Å². The van der Waals surface area contributed by atoms with E-state index in [0.29, 0.717) is 45.7 Å². The van der Waals surface area contributed by atoms with Crippen LogP contribution in [0.3, 0.4) is 0 Å². The quantitative estimate of drug-likeness (QED) is 0.376. The number of rotatable bonds is 7. The van der Waals surface area contributed by atoms with E-state index in [0.717, 1.165) is 6.42 Å². The first-order valence-electron chi connectivity index (χ1n) is 11.0. The van der Waals surface area contributed by atoms with Crippen LogP contribution in [0, 0.1) is 5.92 Å². The smallest absolute Gasteiger partial charge is 0.297 e. The minimum atomic E-state index is -0.741.